The van der Waals surface area contributed by atoms with Crippen molar-refractivity contribution in [2.24, 2.45) is 0 Å². The largest absolute Gasteiger partial charge is 0.378 e. The van der Waals surface area contributed by atoms with Crippen LogP contribution < -0.4 is 15.1 Å². The van der Waals surface area contributed by atoms with E-state index in [-0.39, 0.29) is 12.1 Å². The summed E-state index contributed by atoms with van der Waals surface area (Å²) in [6.07, 6.45) is 4.34. The van der Waals surface area contributed by atoms with Crippen molar-refractivity contribution in [3.05, 3.63) is 29.8 Å². The normalized spacial score (nSPS) is 22.8. The zero-order chi connectivity index (χ0) is 18.1. The molecule has 0 bridgehead atoms. The number of nitrogens with zero attached hydrogens (tertiary/aromatic N) is 5. The van der Waals surface area contributed by atoms with Gasteiger partial charge >= 0.3 is 0 Å². The van der Waals surface area contributed by atoms with Gasteiger partial charge in [0.15, 0.2) is 0 Å². The maximum absolute atomic E-state index is 5.69. The Bertz CT molecular complexity index is 745. The minimum absolute atomic E-state index is 0.0996. The van der Waals surface area contributed by atoms with Crippen molar-refractivity contribution in [1.82, 2.24) is 20.4 Å². The Hall–Kier alpha value is -2.19. The van der Waals surface area contributed by atoms with Crippen molar-refractivity contribution in [2.75, 3.05) is 44.1 Å². The number of hydrogen-bond donors (Lipinski definition) is 1. The van der Waals surface area contributed by atoms with Gasteiger partial charge in [-0.05, 0) is 18.9 Å². The molecule has 1 aliphatic heterocycles. The molecule has 26 heavy (non-hydrogen) atoms. The molecule has 2 aliphatic rings. The zero-order valence-electron chi connectivity index (χ0n) is 15.6. The number of aromatic nitrogens is 3. The topological polar surface area (TPSA) is 79.5 Å². The molecule has 8 heteroatoms. The van der Waals surface area contributed by atoms with E-state index in [9.17, 15) is 0 Å². The molecule has 0 unspecified atom stereocenters. The van der Waals surface area contributed by atoms with Gasteiger partial charge in [-0.25, -0.2) is 4.98 Å². The first kappa shape index (κ1) is 17.2. The fraction of sp³-hybridized carbons (Fsp3) is 0.611. The van der Waals surface area contributed by atoms with Crippen molar-refractivity contribution >= 4 is 11.8 Å². The van der Waals surface area contributed by atoms with Crippen LogP contribution in [-0.4, -0.2) is 61.6 Å². The number of nitrogens with one attached hydrogen (secondary N) is 1. The summed E-state index contributed by atoms with van der Waals surface area (Å²) in [4.78, 5) is 13.1. The van der Waals surface area contributed by atoms with Crippen LogP contribution in [0.1, 0.15) is 30.2 Å². The Kier molecular flexibility index (Phi) is 4.78. The van der Waals surface area contributed by atoms with Gasteiger partial charge in [0.1, 0.15) is 11.6 Å². The van der Waals surface area contributed by atoms with Gasteiger partial charge in [0, 0.05) is 59.0 Å². The highest BCUT2D eigenvalue weighted by atomic mass is 16.5. The summed E-state index contributed by atoms with van der Waals surface area (Å²) in [5, 5.41) is 7.75. The molecule has 1 N–H and O–H groups in total. The van der Waals surface area contributed by atoms with Gasteiger partial charge in [0.25, 0.3) is 0 Å². The van der Waals surface area contributed by atoms with E-state index in [0.29, 0.717) is 18.4 Å². The number of rotatable bonds is 7. The molecule has 1 saturated heterocycles. The second kappa shape index (κ2) is 7.20. The van der Waals surface area contributed by atoms with Crippen LogP contribution in [0, 0.1) is 0 Å². The van der Waals surface area contributed by atoms with Gasteiger partial charge in [-0.15, -0.1) is 0 Å². The fourth-order valence-corrected chi connectivity index (χ4v) is 3.33. The summed E-state index contributed by atoms with van der Waals surface area (Å²) in [7, 11) is 5.65. The summed E-state index contributed by atoms with van der Waals surface area (Å²) >= 11 is 0. The molecule has 0 spiro atoms. The lowest BCUT2D eigenvalue weighted by molar-refractivity contribution is 0.0964. The van der Waals surface area contributed by atoms with Crippen LogP contribution in [0.2, 0.25) is 0 Å². The van der Waals surface area contributed by atoms with Gasteiger partial charge in [0.05, 0.1) is 17.8 Å². The maximum Gasteiger partial charge on any atom is 0.226 e. The van der Waals surface area contributed by atoms with Crippen molar-refractivity contribution in [2.45, 2.75) is 37.5 Å². The van der Waals surface area contributed by atoms with Gasteiger partial charge in [-0.3, -0.25) is 0 Å². The minimum atomic E-state index is 0.0996. The first-order chi connectivity index (χ1) is 12.6. The van der Waals surface area contributed by atoms with Crippen molar-refractivity contribution < 1.29 is 9.26 Å². The molecular formula is C18H26N6O2. The number of ether oxygens (including phenoxy) is 1. The lowest BCUT2D eigenvalue weighted by Crippen LogP contribution is -2.39. The minimum Gasteiger partial charge on any atom is -0.378 e. The van der Waals surface area contributed by atoms with E-state index in [1.807, 2.05) is 25.1 Å². The lowest BCUT2D eigenvalue weighted by atomic mass is 10.2. The smallest absolute Gasteiger partial charge is 0.226 e. The van der Waals surface area contributed by atoms with E-state index in [0.717, 1.165) is 30.4 Å². The molecule has 1 saturated carbocycles. The quantitative estimate of drug-likeness (QED) is 0.796. The monoisotopic (exact) mass is 358 g/mol. The Morgan fingerprint density at radius 3 is 2.92 bits per heavy atom. The van der Waals surface area contributed by atoms with Gasteiger partial charge in [-0.1, -0.05) is 5.16 Å². The van der Waals surface area contributed by atoms with Crippen LogP contribution in [0.5, 0.6) is 0 Å². The van der Waals surface area contributed by atoms with Crippen LogP contribution in [0.4, 0.5) is 11.8 Å². The molecule has 2 aromatic rings. The van der Waals surface area contributed by atoms with Gasteiger partial charge in [-0.2, -0.15) is 4.98 Å². The SMILES string of the molecule is CO[C@@H]1CN(c2ccnc(N(C)C)n2)C[C@@H]1NCc1cc(C2CC2)on1. The van der Waals surface area contributed by atoms with E-state index in [1.54, 1.807) is 13.3 Å². The molecule has 2 atom stereocenters. The van der Waals surface area contributed by atoms with Crippen molar-refractivity contribution in [3.8, 4) is 0 Å². The molecule has 0 radical (unpaired) electrons. The molecule has 4 rings (SSSR count). The zero-order valence-corrected chi connectivity index (χ0v) is 15.6. The Morgan fingerprint density at radius 1 is 1.35 bits per heavy atom. The first-order valence-corrected chi connectivity index (χ1v) is 9.11. The predicted octanol–water partition coefficient (Wildman–Crippen LogP) is 1.40. The highest BCUT2D eigenvalue weighted by molar-refractivity contribution is 5.45. The molecule has 1 aliphatic carbocycles. The van der Waals surface area contributed by atoms with E-state index in [2.05, 4.69) is 31.4 Å². The summed E-state index contributed by atoms with van der Waals surface area (Å²) in [5.74, 6) is 3.25. The average Bonchev–Trinajstić information content (AvgIpc) is 3.25. The Labute approximate surface area is 153 Å². The van der Waals surface area contributed by atoms with Crippen LogP contribution in [0.3, 0.4) is 0 Å². The van der Waals surface area contributed by atoms with Crippen LogP contribution in [-0.2, 0) is 11.3 Å². The van der Waals surface area contributed by atoms with Gasteiger partial charge < -0.3 is 24.4 Å². The third-order valence-corrected chi connectivity index (χ3v) is 5.02. The van der Waals surface area contributed by atoms with Gasteiger partial charge in [0.2, 0.25) is 5.95 Å². The molecule has 0 amide bonds. The summed E-state index contributed by atoms with van der Waals surface area (Å²) in [6, 6.07) is 4.23. The second-order valence-corrected chi connectivity index (χ2v) is 7.27. The maximum atomic E-state index is 5.69. The van der Waals surface area contributed by atoms with E-state index < -0.39 is 0 Å². The Morgan fingerprint density at radius 2 is 2.19 bits per heavy atom. The predicted molar refractivity (Wildman–Crippen MR) is 98.5 cm³/mol. The summed E-state index contributed by atoms with van der Waals surface area (Å²) < 4.78 is 11.1. The summed E-state index contributed by atoms with van der Waals surface area (Å²) in [6.45, 7) is 2.31. The average molecular weight is 358 g/mol. The lowest BCUT2D eigenvalue weighted by Gasteiger charge is -2.19. The van der Waals surface area contributed by atoms with Crippen molar-refractivity contribution in [3.63, 3.8) is 0 Å². The third kappa shape index (κ3) is 3.66. The fourth-order valence-electron chi connectivity index (χ4n) is 3.33. The molecule has 3 heterocycles. The summed E-state index contributed by atoms with van der Waals surface area (Å²) in [5.41, 5.74) is 0.956. The van der Waals surface area contributed by atoms with Crippen LogP contribution in [0.15, 0.2) is 22.9 Å². The highest BCUT2D eigenvalue weighted by Crippen LogP contribution is 2.40. The van der Waals surface area contributed by atoms with Crippen LogP contribution in [0.25, 0.3) is 0 Å². The molecular weight excluding hydrogens is 332 g/mol. The number of anilines is 2. The Balaban J connectivity index is 1.39. The molecule has 140 valence electrons. The number of hydrogen-bond acceptors (Lipinski definition) is 8. The van der Waals surface area contributed by atoms with Crippen molar-refractivity contribution in [1.29, 1.82) is 0 Å². The van der Waals surface area contributed by atoms with E-state index >= 15 is 0 Å². The second-order valence-electron chi connectivity index (χ2n) is 7.27. The van der Waals surface area contributed by atoms with E-state index in [1.165, 1.54) is 12.8 Å². The number of methoxy groups -OCH3 is 1. The highest BCUT2D eigenvalue weighted by Gasteiger charge is 2.34. The molecule has 0 aromatic carbocycles. The van der Waals surface area contributed by atoms with Crippen LogP contribution >= 0.6 is 0 Å². The molecule has 8 nitrogen and oxygen atoms in total. The molecule has 2 aromatic heterocycles. The standard InChI is InChI=1S/C18H26N6O2/c1-23(2)18-19-7-6-17(21-18)24-10-14(16(11-24)25-3)20-9-13-8-15(26-22-13)12-4-5-12/h6-8,12,14,16,20H,4-5,9-11H2,1-3H3/t14-,16+/m0/s1. The third-order valence-electron chi connectivity index (χ3n) is 5.02. The first-order valence-electron chi connectivity index (χ1n) is 9.11. The molecule has 2 fully saturated rings. The van der Waals surface area contributed by atoms with E-state index in [4.69, 9.17) is 9.26 Å².